The summed E-state index contributed by atoms with van der Waals surface area (Å²) in [6, 6.07) is 7.52. The Bertz CT molecular complexity index is 302. The van der Waals surface area contributed by atoms with Crippen molar-refractivity contribution in [2.75, 3.05) is 12.3 Å². The van der Waals surface area contributed by atoms with Crippen molar-refractivity contribution in [1.82, 2.24) is 0 Å². The molecule has 0 heterocycles. The summed E-state index contributed by atoms with van der Waals surface area (Å²) in [5.41, 5.74) is 7.32. The van der Waals surface area contributed by atoms with E-state index in [0.717, 1.165) is 17.5 Å². The fraction of sp³-hybridized carbons (Fsp3) is 0.500. The monoisotopic (exact) mass is 241 g/mol. The first-order valence-corrected chi connectivity index (χ1v) is 6.08. The fourth-order valence-electron chi connectivity index (χ4n) is 1.56. The number of thiol groups is 1. The summed E-state index contributed by atoms with van der Waals surface area (Å²) in [4.78, 5) is 0. The lowest BCUT2D eigenvalue weighted by Gasteiger charge is -2.17. The number of hydrogen-bond acceptors (Lipinski definition) is 4. The van der Waals surface area contributed by atoms with Gasteiger partial charge in [-0.1, -0.05) is 24.3 Å². The van der Waals surface area contributed by atoms with Crippen LogP contribution in [0.3, 0.4) is 0 Å². The highest BCUT2D eigenvalue weighted by Gasteiger charge is 2.17. The normalized spacial score (nSPS) is 14.8. The SMILES string of the molecule is NCCc1ccc(C(O)C(O)CCS)cc1. The Morgan fingerprint density at radius 3 is 2.31 bits per heavy atom. The minimum Gasteiger partial charge on any atom is -0.390 e. The van der Waals surface area contributed by atoms with Crippen molar-refractivity contribution in [3.63, 3.8) is 0 Å². The summed E-state index contributed by atoms with van der Waals surface area (Å²) in [6.07, 6.45) is -0.276. The fourth-order valence-corrected chi connectivity index (χ4v) is 1.82. The standard InChI is InChI=1S/C12H19NO2S/c13-7-5-9-1-3-10(4-2-9)12(15)11(14)6-8-16/h1-4,11-12,14-16H,5-8,13H2. The van der Waals surface area contributed by atoms with E-state index in [4.69, 9.17) is 5.73 Å². The average Bonchev–Trinajstić information content (AvgIpc) is 2.30. The van der Waals surface area contributed by atoms with Crippen molar-refractivity contribution < 1.29 is 10.2 Å². The summed E-state index contributed by atoms with van der Waals surface area (Å²) in [6.45, 7) is 0.615. The quantitative estimate of drug-likeness (QED) is 0.560. The van der Waals surface area contributed by atoms with Crippen LogP contribution in [-0.2, 0) is 6.42 Å². The molecule has 16 heavy (non-hydrogen) atoms. The minimum atomic E-state index is -0.834. The van der Waals surface area contributed by atoms with Gasteiger partial charge < -0.3 is 15.9 Å². The first kappa shape index (κ1) is 13.5. The van der Waals surface area contributed by atoms with Crippen LogP contribution >= 0.6 is 12.6 Å². The maximum absolute atomic E-state index is 9.83. The molecule has 4 heteroatoms. The molecular formula is C12H19NO2S. The van der Waals surface area contributed by atoms with E-state index in [1.165, 1.54) is 0 Å². The zero-order valence-electron chi connectivity index (χ0n) is 9.21. The number of nitrogens with two attached hydrogens (primary N) is 1. The Balaban J connectivity index is 2.65. The molecular weight excluding hydrogens is 222 g/mol. The van der Waals surface area contributed by atoms with E-state index in [1.54, 1.807) is 0 Å². The van der Waals surface area contributed by atoms with Gasteiger partial charge in [0, 0.05) is 0 Å². The molecule has 0 saturated carbocycles. The van der Waals surface area contributed by atoms with Crippen LogP contribution in [0.2, 0.25) is 0 Å². The Kier molecular flexibility index (Phi) is 5.84. The Morgan fingerprint density at radius 2 is 1.81 bits per heavy atom. The van der Waals surface area contributed by atoms with Gasteiger partial charge >= 0.3 is 0 Å². The predicted molar refractivity (Wildman–Crippen MR) is 68.6 cm³/mol. The van der Waals surface area contributed by atoms with Crippen molar-refractivity contribution in [3.05, 3.63) is 35.4 Å². The van der Waals surface area contributed by atoms with Crippen LogP contribution in [0.4, 0.5) is 0 Å². The Morgan fingerprint density at radius 1 is 1.19 bits per heavy atom. The Labute approximate surface area is 102 Å². The second-order valence-electron chi connectivity index (χ2n) is 3.80. The highest BCUT2D eigenvalue weighted by Crippen LogP contribution is 2.19. The van der Waals surface area contributed by atoms with Crippen LogP contribution in [0.15, 0.2) is 24.3 Å². The summed E-state index contributed by atoms with van der Waals surface area (Å²) >= 11 is 4.03. The number of hydrogen-bond donors (Lipinski definition) is 4. The van der Waals surface area contributed by atoms with Crippen LogP contribution in [0.5, 0.6) is 0 Å². The Hall–Kier alpha value is -0.550. The molecule has 0 aliphatic carbocycles. The minimum absolute atomic E-state index is 0.481. The molecule has 0 aliphatic heterocycles. The summed E-state index contributed by atoms with van der Waals surface area (Å²) in [5.74, 6) is 0.559. The number of rotatable bonds is 6. The van der Waals surface area contributed by atoms with Crippen LogP contribution < -0.4 is 5.73 Å². The summed E-state index contributed by atoms with van der Waals surface area (Å²) in [7, 11) is 0. The molecule has 2 unspecified atom stereocenters. The topological polar surface area (TPSA) is 66.5 Å². The second kappa shape index (κ2) is 6.91. The third-order valence-electron chi connectivity index (χ3n) is 2.54. The van der Waals surface area contributed by atoms with E-state index >= 15 is 0 Å². The first-order valence-electron chi connectivity index (χ1n) is 5.45. The lowest BCUT2D eigenvalue weighted by atomic mass is 10.0. The van der Waals surface area contributed by atoms with Crippen molar-refractivity contribution >= 4 is 12.6 Å². The smallest absolute Gasteiger partial charge is 0.105 e. The van der Waals surface area contributed by atoms with Gasteiger partial charge in [0.1, 0.15) is 6.10 Å². The van der Waals surface area contributed by atoms with Crippen LogP contribution in [0.1, 0.15) is 23.7 Å². The van der Waals surface area contributed by atoms with Crippen molar-refractivity contribution in [3.8, 4) is 0 Å². The molecule has 0 saturated heterocycles. The van der Waals surface area contributed by atoms with E-state index in [2.05, 4.69) is 12.6 Å². The van der Waals surface area contributed by atoms with E-state index in [0.29, 0.717) is 18.7 Å². The van der Waals surface area contributed by atoms with Crippen LogP contribution in [-0.4, -0.2) is 28.6 Å². The first-order chi connectivity index (χ1) is 7.69. The van der Waals surface area contributed by atoms with Gasteiger partial charge in [0.2, 0.25) is 0 Å². The molecule has 0 aliphatic rings. The van der Waals surface area contributed by atoms with Gasteiger partial charge in [-0.25, -0.2) is 0 Å². The largest absolute Gasteiger partial charge is 0.390 e. The van der Waals surface area contributed by atoms with E-state index < -0.39 is 12.2 Å². The molecule has 2 atom stereocenters. The molecule has 0 fully saturated rings. The maximum atomic E-state index is 9.83. The molecule has 1 rings (SSSR count). The van der Waals surface area contributed by atoms with Gasteiger partial charge in [-0.3, -0.25) is 0 Å². The van der Waals surface area contributed by atoms with Gasteiger partial charge in [-0.05, 0) is 36.3 Å². The zero-order valence-corrected chi connectivity index (χ0v) is 10.1. The molecule has 0 aromatic heterocycles. The molecule has 3 nitrogen and oxygen atoms in total. The molecule has 0 spiro atoms. The van der Waals surface area contributed by atoms with Gasteiger partial charge in [-0.2, -0.15) is 12.6 Å². The van der Waals surface area contributed by atoms with Crippen LogP contribution in [0.25, 0.3) is 0 Å². The average molecular weight is 241 g/mol. The number of benzene rings is 1. The van der Waals surface area contributed by atoms with Gasteiger partial charge in [0.15, 0.2) is 0 Å². The molecule has 1 aromatic carbocycles. The summed E-state index contributed by atoms with van der Waals surface area (Å²) < 4.78 is 0. The number of aliphatic hydroxyl groups is 2. The zero-order chi connectivity index (χ0) is 12.0. The van der Waals surface area contributed by atoms with E-state index in [1.807, 2.05) is 24.3 Å². The summed E-state index contributed by atoms with van der Waals surface area (Å²) in [5, 5.41) is 19.5. The van der Waals surface area contributed by atoms with E-state index in [-0.39, 0.29) is 0 Å². The molecule has 1 aromatic rings. The second-order valence-corrected chi connectivity index (χ2v) is 4.25. The third-order valence-corrected chi connectivity index (χ3v) is 2.80. The third kappa shape index (κ3) is 3.79. The highest BCUT2D eigenvalue weighted by molar-refractivity contribution is 7.80. The van der Waals surface area contributed by atoms with Crippen molar-refractivity contribution in [1.29, 1.82) is 0 Å². The lowest BCUT2D eigenvalue weighted by molar-refractivity contribution is 0.0172. The molecule has 0 radical (unpaired) electrons. The van der Waals surface area contributed by atoms with Gasteiger partial charge in [0.25, 0.3) is 0 Å². The van der Waals surface area contributed by atoms with Gasteiger partial charge in [0.05, 0.1) is 6.10 Å². The predicted octanol–water partition coefficient (Wildman–Crippen LogP) is 0.902. The molecule has 0 amide bonds. The van der Waals surface area contributed by atoms with Crippen molar-refractivity contribution in [2.45, 2.75) is 25.0 Å². The van der Waals surface area contributed by atoms with Crippen molar-refractivity contribution in [2.24, 2.45) is 5.73 Å². The number of aliphatic hydroxyl groups excluding tert-OH is 2. The molecule has 0 bridgehead atoms. The van der Waals surface area contributed by atoms with E-state index in [9.17, 15) is 10.2 Å². The molecule has 4 N–H and O–H groups in total. The lowest BCUT2D eigenvalue weighted by Crippen LogP contribution is -2.18. The highest BCUT2D eigenvalue weighted by atomic mass is 32.1. The van der Waals surface area contributed by atoms with Crippen LogP contribution in [0, 0.1) is 0 Å². The van der Waals surface area contributed by atoms with Gasteiger partial charge in [-0.15, -0.1) is 0 Å². The maximum Gasteiger partial charge on any atom is 0.105 e. The molecule has 90 valence electrons.